The van der Waals surface area contributed by atoms with E-state index in [0.717, 1.165) is 38.1 Å². The van der Waals surface area contributed by atoms with Crippen molar-refractivity contribution in [3.8, 4) is 0 Å². The number of benzene rings is 2. The molecule has 3 aromatic rings. The van der Waals surface area contributed by atoms with E-state index in [1.807, 2.05) is 27.7 Å². The number of fused-ring (bicyclic) bond motifs is 6. The molecule has 0 fully saturated rings. The van der Waals surface area contributed by atoms with E-state index in [1.54, 1.807) is 0 Å². The van der Waals surface area contributed by atoms with Gasteiger partial charge in [-0.15, -0.1) is 0 Å². The topological polar surface area (TPSA) is 27.6 Å². The van der Waals surface area contributed by atoms with Crippen LogP contribution in [0.15, 0.2) is 29.3 Å². The number of nitrogens with zero attached hydrogens (tertiary/aromatic N) is 5. The predicted molar refractivity (Wildman–Crippen MR) is 143 cm³/mol. The SMILES string of the molecule is CC.CC.CCN1C2=Nc3n(CC)c4c(C)ccc(C)c4[n+]3CCN2c2c(C)ccc(C)c21. The molecule has 0 N–H and O–H groups in total. The molecule has 2 aromatic carbocycles. The van der Waals surface area contributed by atoms with E-state index in [9.17, 15) is 0 Å². The van der Waals surface area contributed by atoms with Crippen molar-refractivity contribution in [3.05, 3.63) is 46.5 Å². The van der Waals surface area contributed by atoms with Crippen molar-refractivity contribution in [2.45, 2.75) is 82.3 Å². The van der Waals surface area contributed by atoms with Crippen molar-refractivity contribution in [2.24, 2.45) is 4.99 Å². The molecule has 0 amide bonds. The van der Waals surface area contributed by atoms with Crippen molar-refractivity contribution in [1.29, 1.82) is 0 Å². The normalized spacial score (nSPS) is 13.8. The van der Waals surface area contributed by atoms with Crippen LogP contribution in [0.5, 0.6) is 0 Å². The highest BCUT2D eigenvalue weighted by Gasteiger charge is 2.41. The van der Waals surface area contributed by atoms with Crippen molar-refractivity contribution >= 4 is 34.3 Å². The fraction of sp³-hybridized carbons (Fsp3) is 0.500. The van der Waals surface area contributed by atoms with E-state index in [-0.39, 0.29) is 0 Å². The molecule has 0 aliphatic carbocycles. The third kappa shape index (κ3) is 3.71. The lowest BCUT2D eigenvalue weighted by molar-refractivity contribution is -0.655. The average molecular weight is 449 g/mol. The van der Waals surface area contributed by atoms with Crippen LogP contribution in [0.3, 0.4) is 0 Å². The Morgan fingerprint density at radius 1 is 0.788 bits per heavy atom. The maximum Gasteiger partial charge on any atom is 0.403 e. The number of aromatic nitrogens is 2. The fourth-order valence-electron chi connectivity index (χ4n) is 5.17. The monoisotopic (exact) mass is 448 g/mol. The van der Waals surface area contributed by atoms with Gasteiger partial charge in [0.15, 0.2) is 0 Å². The summed E-state index contributed by atoms with van der Waals surface area (Å²) in [5, 5.41) is 0. The minimum Gasteiger partial charge on any atom is -0.296 e. The quantitative estimate of drug-likeness (QED) is 0.414. The van der Waals surface area contributed by atoms with Gasteiger partial charge in [0.2, 0.25) is 0 Å². The molecule has 5 nitrogen and oxygen atoms in total. The van der Waals surface area contributed by atoms with Crippen LogP contribution in [0.25, 0.3) is 11.0 Å². The smallest absolute Gasteiger partial charge is 0.296 e. The standard InChI is InChI=1S/C24H30N5.2C2H6/c1-7-26-19-15(3)9-11-17(5)21(19)28-13-14-29-22-18(6)12-10-16(4)20(22)27(8-2)24(29)25-23(26)28;2*1-2/h9-12H,7-8,13-14H2,1-6H3;2*1-2H3/q+1;;. The summed E-state index contributed by atoms with van der Waals surface area (Å²) in [6.07, 6.45) is 0. The highest BCUT2D eigenvalue weighted by molar-refractivity contribution is 6.18. The number of hydrogen-bond acceptors (Lipinski definition) is 3. The number of imidazole rings is 1. The molecule has 2 aliphatic rings. The maximum atomic E-state index is 5.33. The van der Waals surface area contributed by atoms with Gasteiger partial charge < -0.3 is 0 Å². The molecular formula is C28H42N5+. The molecule has 1 aromatic heterocycles. The van der Waals surface area contributed by atoms with Gasteiger partial charge in [0.05, 0.1) is 31.0 Å². The third-order valence-corrected chi connectivity index (χ3v) is 6.53. The molecule has 0 atom stereocenters. The van der Waals surface area contributed by atoms with E-state index in [0.29, 0.717) is 0 Å². The second-order valence-electron chi connectivity index (χ2n) is 8.30. The van der Waals surface area contributed by atoms with Crippen LogP contribution < -0.4 is 14.4 Å². The summed E-state index contributed by atoms with van der Waals surface area (Å²) in [7, 11) is 0. The summed E-state index contributed by atoms with van der Waals surface area (Å²) in [6.45, 7) is 25.0. The summed E-state index contributed by atoms with van der Waals surface area (Å²) in [5.41, 5.74) is 10.6. The molecule has 0 bridgehead atoms. The number of guanidine groups is 1. The van der Waals surface area contributed by atoms with Crippen molar-refractivity contribution < 1.29 is 4.57 Å². The largest absolute Gasteiger partial charge is 0.403 e. The Labute approximate surface area is 200 Å². The van der Waals surface area contributed by atoms with Gasteiger partial charge in [-0.2, -0.15) is 0 Å². The second kappa shape index (κ2) is 9.98. The molecule has 0 radical (unpaired) electrons. The molecular weight excluding hydrogens is 406 g/mol. The summed E-state index contributed by atoms with van der Waals surface area (Å²) in [6, 6.07) is 8.95. The minimum atomic E-state index is 0.914. The summed E-state index contributed by atoms with van der Waals surface area (Å²) < 4.78 is 4.83. The Morgan fingerprint density at radius 3 is 1.97 bits per heavy atom. The molecule has 2 aliphatic heterocycles. The third-order valence-electron chi connectivity index (χ3n) is 6.53. The van der Waals surface area contributed by atoms with Crippen LogP contribution in [-0.4, -0.2) is 23.6 Å². The summed E-state index contributed by atoms with van der Waals surface area (Å²) in [5.74, 6) is 2.14. The van der Waals surface area contributed by atoms with E-state index < -0.39 is 0 Å². The van der Waals surface area contributed by atoms with E-state index in [4.69, 9.17) is 4.99 Å². The fourth-order valence-corrected chi connectivity index (χ4v) is 5.17. The molecule has 3 heterocycles. The lowest BCUT2D eigenvalue weighted by atomic mass is 10.1. The number of rotatable bonds is 2. The molecule has 178 valence electrons. The van der Waals surface area contributed by atoms with Crippen LogP contribution in [0, 0.1) is 27.7 Å². The number of hydrogen-bond donors (Lipinski definition) is 0. The Kier molecular flexibility index (Phi) is 7.51. The van der Waals surface area contributed by atoms with Gasteiger partial charge in [-0.3, -0.25) is 9.80 Å². The molecule has 0 saturated carbocycles. The Bertz CT molecular complexity index is 1190. The minimum absolute atomic E-state index is 0.914. The number of aliphatic imine (C=N–C) groups is 1. The van der Waals surface area contributed by atoms with Gasteiger partial charge in [0, 0.05) is 6.54 Å². The van der Waals surface area contributed by atoms with Crippen LogP contribution in [0.1, 0.15) is 63.8 Å². The number of anilines is 2. The molecule has 0 spiro atoms. The first kappa shape index (κ1) is 24.8. The first-order chi connectivity index (χ1) is 16.0. The van der Waals surface area contributed by atoms with Crippen molar-refractivity contribution in [2.75, 3.05) is 22.9 Å². The lowest BCUT2D eigenvalue weighted by Gasteiger charge is -2.18. The first-order valence-electron chi connectivity index (χ1n) is 12.7. The maximum absolute atomic E-state index is 5.33. The van der Waals surface area contributed by atoms with Crippen LogP contribution in [-0.2, 0) is 13.1 Å². The highest BCUT2D eigenvalue weighted by atomic mass is 15.5. The van der Waals surface area contributed by atoms with Gasteiger partial charge in [-0.25, -0.2) is 9.13 Å². The lowest BCUT2D eigenvalue weighted by Crippen LogP contribution is -2.42. The van der Waals surface area contributed by atoms with Crippen LogP contribution >= 0.6 is 0 Å². The summed E-state index contributed by atoms with van der Waals surface area (Å²) >= 11 is 0. The molecule has 5 heteroatoms. The second-order valence-corrected chi connectivity index (χ2v) is 8.30. The van der Waals surface area contributed by atoms with Gasteiger partial charge in [0.25, 0.3) is 5.96 Å². The Balaban J connectivity index is 0.000000728. The van der Waals surface area contributed by atoms with Crippen molar-refractivity contribution in [3.63, 3.8) is 0 Å². The first-order valence-corrected chi connectivity index (χ1v) is 12.7. The van der Waals surface area contributed by atoms with Crippen molar-refractivity contribution in [1.82, 2.24) is 4.57 Å². The van der Waals surface area contributed by atoms with Gasteiger partial charge >= 0.3 is 5.95 Å². The molecule has 0 unspecified atom stereocenters. The van der Waals surface area contributed by atoms with E-state index in [1.165, 1.54) is 44.7 Å². The Morgan fingerprint density at radius 2 is 1.36 bits per heavy atom. The Hall–Kier alpha value is -2.82. The zero-order valence-electron chi connectivity index (χ0n) is 22.4. The van der Waals surface area contributed by atoms with Gasteiger partial charge in [-0.05, 0) is 68.8 Å². The molecule has 5 rings (SSSR count). The zero-order valence-corrected chi connectivity index (χ0v) is 22.4. The predicted octanol–water partition coefficient (Wildman–Crippen LogP) is 6.58. The van der Waals surface area contributed by atoms with Gasteiger partial charge in [-0.1, -0.05) is 52.0 Å². The highest BCUT2D eigenvalue weighted by Crippen LogP contribution is 2.43. The van der Waals surface area contributed by atoms with E-state index >= 15 is 0 Å². The van der Waals surface area contributed by atoms with Gasteiger partial charge in [0.1, 0.15) is 11.0 Å². The van der Waals surface area contributed by atoms with E-state index in [2.05, 4.69) is 84.7 Å². The number of aryl methyl sites for hydroxylation is 5. The zero-order chi connectivity index (χ0) is 24.4. The molecule has 33 heavy (non-hydrogen) atoms. The van der Waals surface area contributed by atoms with Crippen LogP contribution in [0.2, 0.25) is 0 Å². The summed E-state index contributed by atoms with van der Waals surface area (Å²) in [4.78, 5) is 10.2. The van der Waals surface area contributed by atoms with Crippen LogP contribution in [0.4, 0.5) is 17.3 Å². The average Bonchev–Trinajstić information content (AvgIpc) is 3.26. The molecule has 0 saturated heterocycles.